The lowest BCUT2D eigenvalue weighted by Crippen LogP contribution is -2.54. The van der Waals surface area contributed by atoms with Gasteiger partial charge in [0.15, 0.2) is 12.4 Å². The topological polar surface area (TPSA) is 239 Å². The number of ether oxygens (including phenoxy) is 9. The molecule has 0 radical (unpaired) electrons. The lowest BCUT2D eigenvalue weighted by atomic mass is 9.44. The Kier molecular flexibility index (Phi) is 38.7. The summed E-state index contributed by atoms with van der Waals surface area (Å²) in [5.74, 6) is 1.16. The van der Waals surface area contributed by atoms with E-state index in [0.29, 0.717) is 67.5 Å². The van der Waals surface area contributed by atoms with E-state index >= 15 is 0 Å². The van der Waals surface area contributed by atoms with Crippen molar-refractivity contribution in [2.75, 3.05) is 65.9 Å². The number of hydrogen-bond donors (Lipinski definition) is 3. The molecule has 4 aromatic rings. The summed E-state index contributed by atoms with van der Waals surface area (Å²) in [7, 11) is 0. The minimum Gasteiger partial charge on any atom is -0.459 e. The van der Waals surface area contributed by atoms with E-state index in [1.165, 1.54) is 116 Å². The van der Waals surface area contributed by atoms with Crippen molar-refractivity contribution < 1.29 is 76.2 Å². The molecule has 0 aromatic heterocycles. The second kappa shape index (κ2) is 48.4. The summed E-state index contributed by atoms with van der Waals surface area (Å²) in [6.07, 6.45) is 32.0. The standard InChI is InChI=1S/C90H129N3O16/c1-6-7-8-9-10-11-12-13-14-15-16-17-18-19-20-35-57-93-88(100)107-74-52-54-89(4)73(64-74)47-48-75-77-50-49-76(90(77,5)55-53-78(75)89)67(2)46-51-82(95)91-56-36-25-34-45-81(94)92-58-59-101-60-61-102-62-63-103-87(80(108-86(99)72-43-32-24-33-44-72)66-105-84(97)70-39-28-22-29-40-70)109-79(65-104-83(96)69-37-26-21-27-38-69)68(3)106-85(98)71-41-30-23-31-42-71/h13-14,21-24,26-33,37-44,67-68,73-80,87H,6-12,15-20,25,34-36,45-66H2,1-5H3,(H,91,95)(H,92,94)(H,93,100)/b14-13-/t67?,68-,73?,74+,75?,76?,77?,78?,79?,80+,87-,89-,90+/m0/s1. The Hall–Kier alpha value is -7.45. The number of amides is 3. The highest BCUT2D eigenvalue weighted by Gasteiger charge is 2.61. The molecule has 19 heteroatoms. The van der Waals surface area contributed by atoms with Gasteiger partial charge >= 0.3 is 30.0 Å². The lowest BCUT2D eigenvalue weighted by Gasteiger charge is -2.61. The van der Waals surface area contributed by atoms with Crippen LogP contribution in [0.3, 0.4) is 0 Å². The Morgan fingerprint density at radius 3 is 1.59 bits per heavy atom. The number of allylic oxidation sites excluding steroid dienone is 2. The Balaban J connectivity index is 0.676. The molecular formula is C90H129N3O16. The molecule has 3 amide bonds. The molecule has 8 rings (SSSR count). The molecule has 7 unspecified atom stereocenters. The van der Waals surface area contributed by atoms with E-state index in [0.717, 1.165) is 69.1 Å². The maximum absolute atomic E-state index is 13.7. The molecule has 0 bridgehead atoms. The van der Waals surface area contributed by atoms with Gasteiger partial charge in [0, 0.05) is 32.5 Å². The lowest BCUT2D eigenvalue weighted by molar-refractivity contribution is -0.242. The quantitative estimate of drug-likeness (QED) is 0.0122. The molecule has 109 heavy (non-hydrogen) atoms. The van der Waals surface area contributed by atoms with E-state index in [-0.39, 0.29) is 79.3 Å². The fourth-order valence-corrected chi connectivity index (χ4v) is 17.6. The number of hydrogen-bond acceptors (Lipinski definition) is 16. The normalized spacial score (nSPS) is 22.1. The fraction of sp³-hybridized carbons (Fsp3) is 0.633. The minimum absolute atomic E-state index is 0.00298. The molecule has 600 valence electrons. The fourth-order valence-electron chi connectivity index (χ4n) is 17.6. The Morgan fingerprint density at radius 1 is 0.477 bits per heavy atom. The number of unbranched alkanes of at least 4 members (excludes halogenated alkanes) is 14. The van der Waals surface area contributed by atoms with Gasteiger partial charge in [-0.1, -0.05) is 177 Å². The van der Waals surface area contributed by atoms with Crippen LogP contribution in [0.1, 0.15) is 262 Å². The number of benzene rings is 4. The van der Waals surface area contributed by atoms with E-state index in [2.05, 4.69) is 55.8 Å². The third kappa shape index (κ3) is 29.3. The molecule has 3 N–H and O–H groups in total. The van der Waals surface area contributed by atoms with Crippen LogP contribution in [0.4, 0.5) is 4.79 Å². The molecule has 13 atom stereocenters. The van der Waals surface area contributed by atoms with E-state index in [1.54, 1.807) is 128 Å². The van der Waals surface area contributed by atoms with E-state index in [1.807, 2.05) is 0 Å². The van der Waals surface area contributed by atoms with Gasteiger partial charge in [-0.3, -0.25) is 9.59 Å². The number of carbonyl (C=O) groups is 7. The second-order valence-electron chi connectivity index (χ2n) is 31.4. The molecule has 0 spiro atoms. The minimum atomic E-state index is -1.52. The first kappa shape index (κ1) is 87.1. The Bertz CT molecular complexity index is 3330. The van der Waals surface area contributed by atoms with Crippen LogP contribution < -0.4 is 16.0 Å². The predicted octanol–water partition coefficient (Wildman–Crippen LogP) is 17.9. The van der Waals surface area contributed by atoms with Crippen molar-refractivity contribution in [2.45, 2.75) is 252 Å². The highest BCUT2D eigenvalue weighted by atomic mass is 16.7. The molecular weight excluding hydrogens is 1380 g/mol. The number of fused-ring (bicyclic) bond motifs is 5. The molecule has 19 nitrogen and oxygen atoms in total. The van der Waals surface area contributed by atoms with E-state index in [9.17, 15) is 33.6 Å². The van der Waals surface area contributed by atoms with Crippen molar-refractivity contribution in [1.29, 1.82) is 0 Å². The van der Waals surface area contributed by atoms with Crippen molar-refractivity contribution in [1.82, 2.24) is 16.0 Å². The first-order valence-electron chi connectivity index (χ1n) is 41.6. The number of alkyl carbamates (subject to hydrolysis) is 1. The van der Waals surface area contributed by atoms with Gasteiger partial charge in [0.25, 0.3) is 0 Å². The second-order valence-corrected chi connectivity index (χ2v) is 31.4. The summed E-state index contributed by atoms with van der Waals surface area (Å²) >= 11 is 0. The largest absolute Gasteiger partial charge is 0.459 e. The molecule has 0 heterocycles. The van der Waals surface area contributed by atoms with Crippen LogP contribution in [0.25, 0.3) is 0 Å². The molecule has 4 aliphatic rings. The molecule has 0 saturated heterocycles. The molecule has 4 aromatic carbocycles. The van der Waals surface area contributed by atoms with Crippen LogP contribution in [0.5, 0.6) is 0 Å². The number of nitrogens with one attached hydrogen (secondary N) is 3. The van der Waals surface area contributed by atoms with Gasteiger partial charge in [-0.05, 0) is 211 Å². The molecule has 4 saturated carbocycles. The molecule has 4 aliphatic carbocycles. The molecule has 0 aliphatic heterocycles. The van der Waals surface area contributed by atoms with Crippen LogP contribution in [0.2, 0.25) is 0 Å². The van der Waals surface area contributed by atoms with Gasteiger partial charge in [-0.25, -0.2) is 24.0 Å². The average Bonchev–Trinajstić information content (AvgIpc) is 1.70. The number of carbonyl (C=O) groups excluding carboxylic acids is 7. The van der Waals surface area contributed by atoms with Gasteiger partial charge in [0.2, 0.25) is 11.8 Å². The Labute approximate surface area is 650 Å². The summed E-state index contributed by atoms with van der Waals surface area (Å²) in [6.45, 7) is 12.5. The predicted molar refractivity (Wildman–Crippen MR) is 422 cm³/mol. The van der Waals surface area contributed by atoms with Crippen LogP contribution in [0.15, 0.2) is 133 Å². The first-order valence-corrected chi connectivity index (χ1v) is 41.6. The van der Waals surface area contributed by atoms with Gasteiger partial charge in [0.05, 0.1) is 55.3 Å². The highest BCUT2D eigenvalue weighted by molar-refractivity contribution is 5.91. The van der Waals surface area contributed by atoms with Crippen molar-refractivity contribution in [3.63, 3.8) is 0 Å². The van der Waals surface area contributed by atoms with Crippen LogP contribution in [-0.2, 0) is 52.2 Å². The number of rotatable bonds is 51. The molecule has 4 fully saturated rings. The van der Waals surface area contributed by atoms with Gasteiger partial charge in [-0.2, -0.15) is 0 Å². The smallest absolute Gasteiger partial charge is 0.407 e. The van der Waals surface area contributed by atoms with Gasteiger partial charge in [-0.15, -0.1) is 0 Å². The zero-order valence-electron chi connectivity index (χ0n) is 66.2. The van der Waals surface area contributed by atoms with Crippen LogP contribution in [-0.4, -0.2) is 138 Å². The van der Waals surface area contributed by atoms with Crippen LogP contribution >= 0.6 is 0 Å². The van der Waals surface area contributed by atoms with Crippen molar-refractivity contribution in [3.05, 3.63) is 156 Å². The maximum atomic E-state index is 13.7. The third-order valence-corrected chi connectivity index (χ3v) is 23.8. The van der Waals surface area contributed by atoms with E-state index < -0.39 is 61.7 Å². The third-order valence-electron chi connectivity index (χ3n) is 23.8. The SMILES string of the molecule is CCCCCCCC/C=C\CCCCCCCCNC(=O)O[C@@H]1CC[C@@]2(C)C(CCC3C4CCC(C(C)CCC(=O)NCCCCCC(=O)NCCOCCOCCO[C@@H](OC(COC(=O)c5ccccc5)[C@H](C)OC(=O)c5ccccc5)[C@@H](COC(=O)c5ccccc5)OC(=O)c5ccccc5)[C@@]4(C)CCC32)C1. The van der Waals surface area contributed by atoms with Crippen molar-refractivity contribution in [2.24, 2.45) is 46.3 Å². The van der Waals surface area contributed by atoms with Gasteiger partial charge in [0.1, 0.15) is 31.5 Å². The zero-order valence-corrected chi connectivity index (χ0v) is 66.2. The van der Waals surface area contributed by atoms with Crippen molar-refractivity contribution in [3.8, 4) is 0 Å². The van der Waals surface area contributed by atoms with Crippen molar-refractivity contribution >= 4 is 41.8 Å². The van der Waals surface area contributed by atoms with E-state index in [4.69, 9.17) is 42.6 Å². The maximum Gasteiger partial charge on any atom is 0.407 e. The average molecular weight is 1510 g/mol. The summed E-state index contributed by atoms with van der Waals surface area (Å²) < 4.78 is 53.8. The first-order chi connectivity index (χ1) is 53.1. The monoisotopic (exact) mass is 1510 g/mol. The van der Waals surface area contributed by atoms with Crippen LogP contribution in [0, 0.1) is 46.3 Å². The summed E-state index contributed by atoms with van der Waals surface area (Å²) in [5, 5.41) is 9.16. The zero-order chi connectivity index (χ0) is 77.3. The number of esters is 4. The summed E-state index contributed by atoms with van der Waals surface area (Å²) in [5.41, 5.74) is 1.60. The Morgan fingerprint density at radius 2 is 0.972 bits per heavy atom. The summed E-state index contributed by atoms with van der Waals surface area (Å²) in [4.78, 5) is 92.7. The highest BCUT2D eigenvalue weighted by Crippen LogP contribution is 2.68. The van der Waals surface area contributed by atoms with Gasteiger partial charge < -0.3 is 58.6 Å². The summed E-state index contributed by atoms with van der Waals surface area (Å²) in [6, 6.07) is 33.1.